The summed E-state index contributed by atoms with van der Waals surface area (Å²) in [5.41, 5.74) is 0. The average Bonchev–Trinajstić information content (AvgIpc) is 3.14. The summed E-state index contributed by atoms with van der Waals surface area (Å²) in [5.74, 6) is 1.86. The van der Waals surface area contributed by atoms with E-state index in [1.807, 2.05) is 16.8 Å². The van der Waals surface area contributed by atoms with Gasteiger partial charge in [0.1, 0.15) is 17.9 Å². The van der Waals surface area contributed by atoms with Gasteiger partial charge in [0, 0.05) is 19.5 Å². The SMILES string of the molecule is CN(Cc1ccco1)C(=O)CNC1CCc2ncnn2C1. The lowest BCUT2D eigenvalue weighted by Crippen LogP contribution is -2.43. The smallest absolute Gasteiger partial charge is 0.236 e. The molecule has 1 N–H and O–H groups in total. The van der Waals surface area contributed by atoms with Crippen molar-refractivity contribution in [1.82, 2.24) is 25.0 Å². The number of fused-ring (bicyclic) bond motifs is 1. The molecule has 0 radical (unpaired) electrons. The monoisotopic (exact) mass is 289 g/mol. The van der Waals surface area contributed by atoms with E-state index in [0.717, 1.165) is 31.0 Å². The zero-order valence-electron chi connectivity index (χ0n) is 12.0. The zero-order valence-corrected chi connectivity index (χ0v) is 12.0. The summed E-state index contributed by atoms with van der Waals surface area (Å²) in [6.45, 7) is 1.59. The van der Waals surface area contributed by atoms with Crippen LogP contribution in [0.3, 0.4) is 0 Å². The number of furan rings is 1. The number of hydrogen-bond donors (Lipinski definition) is 1. The number of amides is 1. The van der Waals surface area contributed by atoms with Crippen LogP contribution in [0.2, 0.25) is 0 Å². The third-order valence-corrected chi connectivity index (χ3v) is 3.75. The fourth-order valence-electron chi connectivity index (χ4n) is 2.50. The van der Waals surface area contributed by atoms with Gasteiger partial charge in [-0.1, -0.05) is 0 Å². The molecule has 7 nitrogen and oxygen atoms in total. The number of likely N-dealkylation sites (N-methyl/N-ethyl adjacent to an activating group) is 1. The van der Waals surface area contributed by atoms with Crippen molar-refractivity contribution in [3.05, 3.63) is 36.3 Å². The van der Waals surface area contributed by atoms with Gasteiger partial charge >= 0.3 is 0 Å². The van der Waals surface area contributed by atoms with E-state index in [2.05, 4.69) is 15.4 Å². The van der Waals surface area contributed by atoms with Crippen molar-refractivity contribution in [3.63, 3.8) is 0 Å². The summed E-state index contributed by atoms with van der Waals surface area (Å²) in [6.07, 6.45) is 5.07. The highest BCUT2D eigenvalue weighted by Crippen LogP contribution is 2.11. The zero-order chi connectivity index (χ0) is 14.7. The van der Waals surface area contributed by atoms with E-state index in [4.69, 9.17) is 4.42 Å². The second-order valence-corrected chi connectivity index (χ2v) is 5.30. The molecule has 3 rings (SSSR count). The number of carbonyl (C=O) groups excluding carboxylic acids is 1. The third-order valence-electron chi connectivity index (χ3n) is 3.75. The molecule has 112 valence electrons. The Morgan fingerprint density at radius 3 is 3.33 bits per heavy atom. The van der Waals surface area contributed by atoms with Crippen LogP contribution in [0.4, 0.5) is 0 Å². The van der Waals surface area contributed by atoms with E-state index >= 15 is 0 Å². The van der Waals surface area contributed by atoms with Crippen molar-refractivity contribution in [2.75, 3.05) is 13.6 Å². The van der Waals surface area contributed by atoms with Gasteiger partial charge in [0.25, 0.3) is 0 Å². The molecule has 2 aromatic rings. The molecule has 0 bridgehead atoms. The quantitative estimate of drug-likeness (QED) is 0.864. The predicted octanol–water partition coefficient (Wildman–Crippen LogP) is 0.434. The summed E-state index contributed by atoms with van der Waals surface area (Å²) in [4.78, 5) is 18.0. The van der Waals surface area contributed by atoms with Crippen LogP contribution in [0.5, 0.6) is 0 Å². The average molecular weight is 289 g/mol. The van der Waals surface area contributed by atoms with Crippen molar-refractivity contribution in [1.29, 1.82) is 0 Å². The fourth-order valence-corrected chi connectivity index (χ4v) is 2.50. The van der Waals surface area contributed by atoms with Crippen molar-refractivity contribution in [3.8, 4) is 0 Å². The summed E-state index contributed by atoms with van der Waals surface area (Å²) in [5, 5.41) is 7.48. The molecule has 1 atom stereocenters. The molecule has 0 fully saturated rings. The van der Waals surface area contributed by atoms with Crippen LogP contribution in [0.25, 0.3) is 0 Å². The first-order valence-electron chi connectivity index (χ1n) is 7.09. The first-order valence-corrected chi connectivity index (χ1v) is 7.09. The van der Waals surface area contributed by atoms with E-state index in [1.54, 1.807) is 24.5 Å². The molecule has 1 unspecified atom stereocenters. The molecular formula is C14H19N5O2. The standard InChI is InChI=1S/C14H19N5O2/c1-18(9-12-3-2-6-21-12)14(20)7-15-11-4-5-13-16-10-17-19(13)8-11/h2-3,6,10-11,15H,4-5,7-9H2,1H3. The van der Waals surface area contributed by atoms with Gasteiger partial charge in [-0.05, 0) is 18.6 Å². The first-order chi connectivity index (χ1) is 10.2. The van der Waals surface area contributed by atoms with E-state index in [9.17, 15) is 4.79 Å². The second-order valence-electron chi connectivity index (χ2n) is 5.30. The summed E-state index contributed by atoms with van der Waals surface area (Å²) in [7, 11) is 1.78. The summed E-state index contributed by atoms with van der Waals surface area (Å²) >= 11 is 0. The van der Waals surface area contributed by atoms with Crippen LogP contribution >= 0.6 is 0 Å². The maximum Gasteiger partial charge on any atom is 0.236 e. The van der Waals surface area contributed by atoms with Gasteiger partial charge in [-0.3, -0.25) is 4.79 Å². The Bertz CT molecular complexity index is 592. The Labute approximate surface area is 122 Å². The van der Waals surface area contributed by atoms with Crippen molar-refractivity contribution < 1.29 is 9.21 Å². The first kappa shape index (κ1) is 13.8. The molecule has 0 spiro atoms. The molecule has 2 aromatic heterocycles. The Morgan fingerprint density at radius 2 is 2.52 bits per heavy atom. The number of hydrogen-bond acceptors (Lipinski definition) is 5. The van der Waals surface area contributed by atoms with E-state index in [1.165, 1.54) is 0 Å². The third kappa shape index (κ3) is 3.30. The highest BCUT2D eigenvalue weighted by Gasteiger charge is 2.20. The lowest BCUT2D eigenvalue weighted by Gasteiger charge is -2.24. The molecule has 1 aliphatic rings. The largest absolute Gasteiger partial charge is 0.467 e. The van der Waals surface area contributed by atoms with Gasteiger partial charge < -0.3 is 14.6 Å². The molecule has 7 heteroatoms. The minimum absolute atomic E-state index is 0.0517. The van der Waals surface area contributed by atoms with Gasteiger partial charge in [0.05, 0.1) is 25.9 Å². The maximum absolute atomic E-state index is 12.1. The number of aryl methyl sites for hydroxylation is 1. The van der Waals surface area contributed by atoms with Crippen LogP contribution in [-0.2, 0) is 24.3 Å². The van der Waals surface area contributed by atoms with Gasteiger partial charge in [-0.25, -0.2) is 9.67 Å². The Kier molecular flexibility index (Phi) is 4.01. The van der Waals surface area contributed by atoms with Crippen LogP contribution in [0, 0.1) is 0 Å². The molecule has 0 saturated carbocycles. The second kappa shape index (κ2) is 6.09. The number of nitrogens with zero attached hydrogens (tertiary/aromatic N) is 4. The van der Waals surface area contributed by atoms with Gasteiger partial charge in [0.15, 0.2) is 0 Å². The van der Waals surface area contributed by atoms with Crippen LogP contribution in [0.1, 0.15) is 18.0 Å². The maximum atomic E-state index is 12.1. The number of carbonyl (C=O) groups is 1. The van der Waals surface area contributed by atoms with Gasteiger partial charge in [-0.2, -0.15) is 5.10 Å². The van der Waals surface area contributed by atoms with Gasteiger partial charge in [0.2, 0.25) is 5.91 Å². The number of aromatic nitrogens is 3. The molecule has 1 amide bonds. The van der Waals surface area contributed by atoms with E-state index in [-0.39, 0.29) is 11.9 Å². The lowest BCUT2D eigenvalue weighted by molar-refractivity contribution is -0.129. The van der Waals surface area contributed by atoms with Crippen LogP contribution in [-0.4, -0.2) is 45.2 Å². The Balaban J connectivity index is 1.46. The lowest BCUT2D eigenvalue weighted by atomic mass is 10.1. The minimum Gasteiger partial charge on any atom is -0.467 e. The van der Waals surface area contributed by atoms with E-state index < -0.39 is 0 Å². The highest BCUT2D eigenvalue weighted by atomic mass is 16.3. The minimum atomic E-state index is 0.0517. The number of nitrogens with one attached hydrogen (secondary N) is 1. The molecule has 1 aliphatic heterocycles. The summed E-state index contributed by atoms with van der Waals surface area (Å²) < 4.78 is 7.15. The normalized spacial score (nSPS) is 17.5. The Morgan fingerprint density at radius 1 is 1.62 bits per heavy atom. The molecule has 0 aliphatic carbocycles. The highest BCUT2D eigenvalue weighted by molar-refractivity contribution is 5.77. The van der Waals surface area contributed by atoms with Crippen molar-refractivity contribution in [2.45, 2.75) is 32.0 Å². The topological polar surface area (TPSA) is 76.2 Å². The van der Waals surface area contributed by atoms with Crippen molar-refractivity contribution in [2.24, 2.45) is 0 Å². The molecule has 21 heavy (non-hydrogen) atoms. The molecule has 0 aromatic carbocycles. The molecule has 0 saturated heterocycles. The van der Waals surface area contributed by atoms with Gasteiger partial charge in [-0.15, -0.1) is 0 Å². The molecular weight excluding hydrogens is 270 g/mol. The Hall–Kier alpha value is -2.15. The number of rotatable bonds is 5. The van der Waals surface area contributed by atoms with E-state index in [0.29, 0.717) is 13.1 Å². The predicted molar refractivity (Wildman–Crippen MR) is 75.3 cm³/mol. The molecule has 3 heterocycles. The van der Waals surface area contributed by atoms with Crippen molar-refractivity contribution >= 4 is 5.91 Å². The summed E-state index contributed by atoms with van der Waals surface area (Å²) in [6, 6.07) is 3.95. The van der Waals surface area contributed by atoms with Crippen LogP contribution < -0.4 is 5.32 Å². The van der Waals surface area contributed by atoms with Crippen LogP contribution in [0.15, 0.2) is 29.1 Å². The fraction of sp³-hybridized carbons (Fsp3) is 0.500.